The molecule has 1 amide bonds. The molecule has 0 atom stereocenters. The van der Waals surface area contributed by atoms with E-state index in [0.29, 0.717) is 6.42 Å². The summed E-state index contributed by atoms with van der Waals surface area (Å²) in [6.45, 7) is 0. The predicted octanol–water partition coefficient (Wildman–Crippen LogP) is 4.82. The van der Waals surface area contributed by atoms with Crippen molar-refractivity contribution in [2.24, 2.45) is 0 Å². The number of rotatable bonds is 6. The van der Waals surface area contributed by atoms with Crippen molar-refractivity contribution >= 4 is 23.7 Å². The number of aryl methyl sites for hydroxylation is 1. The molecule has 0 aliphatic heterocycles. The molecule has 25 heavy (non-hydrogen) atoms. The van der Waals surface area contributed by atoms with Crippen LogP contribution in [0, 0.1) is 0 Å². The van der Waals surface area contributed by atoms with Crippen molar-refractivity contribution in [3.05, 3.63) is 95.8 Å². The van der Waals surface area contributed by atoms with Crippen LogP contribution in [0.25, 0.3) is 12.2 Å². The molecule has 3 aromatic rings. The molecule has 0 spiro atoms. The highest BCUT2D eigenvalue weighted by molar-refractivity contribution is 5.91. The van der Waals surface area contributed by atoms with Gasteiger partial charge in [-0.2, -0.15) is 0 Å². The maximum atomic E-state index is 12.1. The second-order valence-corrected chi connectivity index (χ2v) is 5.75. The Labute approximate surface area is 148 Å². The maximum absolute atomic E-state index is 12.1. The number of nitrogens with zero attached hydrogens (tertiary/aromatic N) is 1. The number of carbonyl (C=O) groups is 1. The predicted molar refractivity (Wildman–Crippen MR) is 103 cm³/mol. The zero-order valence-electron chi connectivity index (χ0n) is 13.9. The van der Waals surface area contributed by atoms with E-state index in [9.17, 15) is 4.79 Å². The van der Waals surface area contributed by atoms with Crippen molar-refractivity contribution in [2.75, 3.05) is 5.32 Å². The molecule has 0 saturated carbocycles. The third-order valence-electron chi connectivity index (χ3n) is 3.79. The van der Waals surface area contributed by atoms with E-state index in [1.54, 1.807) is 6.20 Å². The van der Waals surface area contributed by atoms with E-state index in [4.69, 9.17) is 0 Å². The lowest BCUT2D eigenvalue weighted by molar-refractivity contribution is -0.116. The van der Waals surface area contributed by atoms with E-state index >= 15 is 0 Å². The molecule has 0 aliphatic carbocycles. The fourth-order valence-electron chi connectivity index (χ4n) is 2.50. The van der Waals surface area contributed by atoms with Gasteiger partial charge in [-0.15, -0.1) is 0 Å². The van der Waals surface area contributed by atoms with Crippen molar-refractivity contribution in [2.45, 2.75) is 12.8 Å². The first-order chi connectivity index (χ1) is 12.3. The number of anilines is 1. The minimum absolute atomic E-state index is 0.0229. The number of amides is 1. The molecule has 3 rings (SSSR count). The van der Waals surface area contributed by atoms with Crippen LogP contribution in [0.15, 0.2) is 79.0 Å². The molecule has 3 nitrogen and oxygen atoms in total. The van der Waals surface area contributed by atoms with Gasteiger partial charge < -0.3 is 5.32 Å². The number of nitrogens with one attached hydrogen (secondary N) is 1. The summed E-state index contributed by atoms with van der Waals surface area (Å²) in [5, 5.41) is 2.96. The molecule has 3 heteroatoms. The smallest absolute Gasteiger partial charge is 0.224 e. The fourth-order valence-corrected chi connectivity index (χ4v) is 2.50. The SMILES string of the molecule is O=C(CCc1ccccc1)Nc1cccc(/C=C/c2ccccn2)c1. The van der Waals surface area contributed by atoms with Crippen molar-refractivity contribution in [1.82, 2.24) is 4.98 Å². The lowest BCUT2D eigenvalue weighted by Crippen LogP contribution is -2.12. The van der Waals surface area contributed by atoms with Crippen LogP contribution in [0.2, 0.25) is 0 Å². The van der Waals surface area contributed by atoms with Gasteiger partial charge in [-0.3, -0.25) is 9.78 Å². The lowest BCUT2D eigenvalue weighted by atomic mass is 10.1. The van der Waals surface area contributed by atoms with Crippen molar-refractivity contribution < 1.29 is 4.79 Å². The maximum Gasteiger partial charge on any atom is 0.224 e. The van der Waals surface area contributed by atoms with Crippen LogP contribution < -0.4 is 5.32 Å². The van der Waals surface area contributed by atoms with Gasteiger partial charge in [-0.05, 0) is 47.9 Å². The fraction of sp³-hybridized carbons (Fsp3) is 0.0909. The Hall–Kier alpha value is -3.20. The highest BCUT2D eigenvalue weighted by Gasteiger charge is 2.03. The van der Waals surface area contributed by atoms with Crippen LogP contribution >= 0.6 is 0 Å². The molecule has 2 aromatic carbocycles. The van der Waals surface area contributed by atoms with Gasteiger partial charge in [0.25, 0.3) is 0 Å². The molecule has 0 aliphatic rings. The highest BCUT2D eigenvalue weighted by Crippen LogP contribution is 2.14. The summed E-state index contributed by atoms with van der Waals surface area (Å²) >= 11 is 0. The summed E-state index contributed by atoms with van der Waals surface area (Å²) in [4.78, 5) is 16.4. The average molecular weight is 328 g/mol. The first-order valence-electron chi connectivity index (χ1n) is 8.32. The second-order valence-electron chi connectivity index (χ2n) is 5.75. The van der Waals surface area contributed by atoms with Crippen LogP contribution in [0.5, 0.6) is 0 Å². The largest absolute Gasteiger partial charge is 0.326 e. The highest BCUT2D eigenvalue weighted by atomic mass is 16.1. The Bertz CT molecular complexity index is 842. The van der Waals surface area contributed by atoms with Crippen LogP contribution in [0.1, 0.15) is 23.2 Å². The Balaban J connectivity index is 1.57. The zero-order valence-corrected chi connectivity index (χ0v) is 13.9. The molecule has 0 radical (unpaired) electrons. The van der Waals surface area contributed by atoms with E-state index in [1.165, 1.54) is 5.56 Å². The Morgan fingerprint density at radius 2 is 1.76 bits per heavy atom. The molecular formula is C22H20N2O. The molecule has 124 valence electrons. The average Bonchev–Trinajstić information content (AvgIpc) is 2.67. The molecule has 0 fully saturated rings. The van der Waals surface area contributed by atoms with Gasteiger partial charge in [0.2, 0.25) is 5.91 Å². The molecule has 1 N–H and O–H groups in total. The van der Waals surface area contributed by atoms with E-state index in [0.717, 1.165) is 23.4 Å². The van der Waals surface area contributed by atoms with E-state index in [1.807, 2.05) is 84.9 Å². The van der Waals surface area contributed by atoms with Crippen LogP contribution in [0.4, 0.5) is 5.69 Å². The summed E-state index contributed by atoms with van der Waals surface area (Å²) in [7, 11) is 0. The minimum atomic E-state index is 0.0229. The Morgan fingerprint density at radius 1 is 0.920 bits per heavy atom. The number of aromatic nitrogens is 1. The minimum Gasteiger partial charge on any atom is -0.326 e. The quantitative estimate of drug-likeness (QED) is 0.704. The van der Waals surface area contributed by atoms with Gasteiger partial charge >= 0.3 is 0 Å². The topological polar surface area (TPSA) is 42.0 Å². The molecule has 1 heterocycles. The van der Waals surface area contributed by atoms with Crippen LogP contribution in [0.3, 0.4) is 0 Å². The number of hydrogen-bond donors (Lipinski definition) is 1. The summed E-state index contributed by atoms with van der Waals surface area (Å²) < 4.78 is 0. The first-order valence-corrected chi connectivity index (χ1v) is 8.32. The molecule has 0 saturated heterocycles. The van der Waals surface area contributed by atoms with Crippen molar-refractivity contribution in [1.29, 1.82) is 0 Å². The number of pyridine rings is 1. The van der Waals surface area contributed by atoms with Gasteiger partial charge in [0.15, 0.2) is 0 Å². The third kappa shape index (κ3) is 5.43. The lowest BCUT2D eigenvalue weighted by Gasteiger charge is -2.06. The Morgan fingerprint density at radius 3 is 2.56 bits per heavy atom. The number of hydrogen-bond acceptors (Lipinski definition) is 2. The molecular weight excluding hydrogens is 308 g/mol. The Kier molecular flexibility index (Phi) is 5.73. The third-order valence-corrected chi connectivity index (χ3v) is 3.79. The molecule has 0 bridgehead atoms. The van der Waals surface area contributed by atoms with Crippen LogP contribution in [-0.4, -0.2) is 10.9 Å². The normalized spacial score (nSPS) is 10.7. The number of carbonyl (C=O) groups excluding carboxylic acids is 1. The standard InChI is InChI=1S/C22H20N2O/c25-22(15-13-18-7-2-1-3-8-18)24-21-11-6-9-19(17-21)12-14-20-10-4-5-16-23-20/h1-12,14,16-17H,13,15H2,(H,24,25)/b14-12+. The van der Waals surface area contributed by atoms with Gasteiger partial charge in [-0.1, -0.05) is 54.6 Å². The summed E-state index contributed by atoms with van der Waals surface area (Å²) in [6.07, 6.45) is 6.92. The van der Waals surface area contributed by atoms with E-state index in [-0.39, 0.29) is 5.91 Å². The van der Waals surface area contributed by atoms with Gasteiger partial charge in [0.1, 0.15) is 0 Å². The number of benzene rings is 2. The zero-order chi connectivity index (χ0) is 17.3. The second kappa shape index (κ2) is 8.60. The van der Waals surface area contributed by atoms with Gasteiger partial charge in [-0.25, -0.2) is 0 Å². The van der Waals surface area contributed by atoms with Crippen molar-refractivity contribution in [3.63, 3.8) is 0 Å². The summed E-state index contributed by atoms with van der Waals surface area (Å²) in [5.74, 6) is 0.0229. The van der Waals surface area contributed by atoms with Crippen molar-refractivity contribution in [3.8, 4) is 0 Å². The van der Waals surface area contributed by atoms with Crippen LogP contribution in [-0.2, 0) is 11.2 Å². The molecule has 0 unspecified atom stereocenters. The van der Waals surface area contributed by atoms with Gasteiger partial charge in [0, 0.05) is 18.3 Å². The van der Waals surface area contributed by atoms with Gasteiger partial charge in [0.05, 0.1) is 5.69 Å². The van der Waals surface area contributed by atoms with E-state index < -0.39 is 0 Å². The molecule has 1 aromatic heterocycles. The first kappa shape index (κ1) is 16.7. The monoisotopic (exact) mass is 328 g/mol. The van der Waals surface area contributed by atoms with E-state index in [2.05, 4.69) is 10.3 Å². The summed E-state index contributed by atoms with van der Waals surface area (Å²) in [6, 6.07) is 23.6. The summed E-state index contributed by atoms with van der Waals surface area (Å²) in [5.41, 5.74) is 3.90.